The van der Waals surface area contributed by atoms with Gasteiger partial charge in [0.1, 0.15) is 11.9 Å². The number of nitrogens with zero attached hydrogens (tertiary/aromatic N) is 3. The molecule has 138 valence electrons. The standard InChI is InChI=1S/C20H21N5O2/c1-15(22-19(26)11-10-16-7-3-2-4-8-16)20(27)21-13-12-18-24-23-17-9-5-6-14-25(17)18/h2-11,14-15H,12-13H2,1H3,(H,21,27)(H,22,26)/b11-10+. The molecule has 0 aliphatic heterocycles. The summed E-state index contributed by atoms with van der Waals surface area (Å²) in [4.78, 5) is 24.1. The van der Waals surface area contributed by atoms with E-state index in [9.17, 15) is 9.59 Å². The first-order chi connectivity index (χ1) is 13.1. The van der Waals surface area contributed by atoms with E-state index in [1.165, 1.54) is 6.08 Å². The van der Waals surface area contributed by atoms with Crippen LogP contribution in [0.25, 0.3) is 11.7 Å². The highest BCUT2D eigenvalue weighted by Gasteiger charge is 2.14. The molecule has 0 bridgehead atoms. The van der Waals surface area contributed by atoms with Gasteiger partial charge in [0.05, 0.1) is 0 Å². The molecule has 1 atom stereocenters. The van der Waals surface area contributed by atoms with Crippen LogP contribution in [0.3, 0.4) is 0 Å². The Morgan fingerprint density at radius 3 is 2.70 bits per heavy atom. The van der Waals surface area contributed by atoms with Gasteiger partial charge in [-0.3, -0.25) is 14.0 Å². The lowest BCUT2D eigenvalue weighted by atomic mass is 10.2. The van der Waals surface area contributed by atoms with Gasteiger partial charge in [-0.15, -0.1) is 10.2 Å². The second-order valence-corrected chi connectivity index (χ2v) is 6.06. The summed E-state index contributed by atoms with van der Waals surface area (Å²) < 4.78 is 1.88. The maximum absolute atomic E-state index is 12.2. The van der Waals surface area contributed by atoms with Gasteiger partial charge in [-0.25, -0.2) is 0 Å². The molecule has 7 heteroatoms. The molecule has 2 N–H and O–H groups in total. The Balaban J connectivity index is 1.45. The van der Waals surface area contributed by atoms with Crippen LogP contribution >= 0.6 is 0 Å². The molecular formula is C20H21N5O2. The van der Waals surface area contributed by atoms with E-state index < -0.39 is 6.04 Å². The van der Waals surface area contributed by atoms with Crippen molar-refractivity contribution in [1.29, 1.82) is 0 Å². The van der Waals surface area contributed by atoms with Crippen LogP contribution in [0.15, 0.2) is 60.8 Å². The molecule has 0 aliphatic carbocycles. The van der Waals surface area contributed by atoms with Crippen LogP contribution in [0, 0.1) is 0 Å². The Morgan fingerprint density at radius 1 is 1.11 bits per heavy atom. The molecule has 0 aliphatic rings. The van der Waals surface area contributed by atoms with Crippen molar-refractivity contribution in [2.24, 2.45) is 0 Å². The molecule has 0 fully saturated rings. The number of hydrogen-bond donors (Lipinski definition) is 2. The summed E-state index contributed by atoms with van der Waals surface area (Å²) in [5.41, 5.74) is 1.69. The zero-order valence-electron chi connectivity index (χ0n) is 15.0. The highest BCUT2D eigenvalue weighted by molar-refractivity contribution is 5.95. The van der Waals surface area contributed by atoms with E-state index in [2.05, 4.69) is 20.8 Å². The van der Waals surface area contributed by atoms with Crippen LogP contribution in [0.1, 0.15) is 18.3 Å². The van der Waals surface area contributed by atoms with E-state index in [4.69, 9.17) is 0 Å². The molecule has 0 saturated carbocycles. The molecule has 0 radical (unpaired) electrons. The summed E-state index contributed by atoms with van der Waals surface area (Å²) in [6, 6.07) is 14.5. The zero-order chi connectivity index (χ0) is 19.1. The zero-order valence-corrected chi connectivity index (χ0v) is 15.0. The molecular weight excluding hydrogens is 342 g/mol. The molecule has 3 aromatic rings. The Morgan fingerprint density at radius 2 is 1.89 bits per heavy atom. The minimum atomic E-state index is -0.631. The van der Waals surface area contributed by atoms with Gasteiger partial charge in [-0.1, -0.05) is 36.4 Å². The summed E-state index contributed by atoms with van der Waals surface area (Å²) in [5.74, 6) is 0.212. The first kappa shape index (κ1) is 18.3. The SMILES string of the molecule is CC(NC(=O)/C=C/c1ccccc1)C(=O)NCCc1nnc2ccccn12. The Bertz CT molecular complexity index is 949. The molecule has 0 saturated heterocycles. The van der Waals surface area contributed by atoms with Crippen LogP contribution < -0.4 is 10.6 Å². The topological polar surface area (TPSA) is 88.4 Å². The number of benzene rings is 1. The minimum absolute atomic E-state index is 0.245. The Labute approximate surface area is 157 Å². The first-order valence-corrected chi connectivity index (χ1v) is 8.73. The minimum Gasteiger partial charge on any atom is -0.354 e. The number of hydrogen-bond acceptors (Lipinski definition) is 4. The maximum atomic E-state index is 12.2. The van der Waals surface area contributed by atoms with Crippen LogP contribution in [0.2, 0.25) is 0 Å². The van der Waals surface area contributed by atoms with Crippen molar-refractivity contribution in [2.45, 2.75) is 19.4 Å². The van der Waals surface area contributed by atoms with Gasteiger partial charge < -0.3 is 10.6 Å². The van der Waals surface area contributed by atoms with Gasteiger partial charge in [-0.05, 0) is 30.7 Å². The molecule has 27 heavy (non-hydrogen) atoms. The normalized spacial score (nSPS) is 12.2. The molecule has 1 aromatic carbocycles. The second-order valence-electron chi connectivity index (χ2n) is 6.06. The molecule has 3 rings (SSSR count). The lowest BCUT2D eigenvalue weighted by Crippen LogP contribution is -2.44. The van der Waals surface area contributed by atoms with Crippen molar-refractivity contribution < 1.29 is 9.59 Å². The number of aromatic nitrogens is 3. The third kappa shape index (κ3) is 5.01. The van der Waals surface area contributed by atoms with Crippen LogP contribution in [-0.4, -0.2) is 39.0 Å². The van der Waals surface area contributed by atoms with Crippen LogP contribution in [-0.2, 0) is 16.0 Å². The molecule has 0 spiro atoms. The molecule has 1 unspecified atom stereocenters. The fourth-order valence-electron chi connectivity index (χ4n) is 2.58. The number of pyridine rings is 1. The smallest absolute Gasteiger partial charge is 0.244 e. The maximum Gasteiger partial charge on any atom is 0.244 e. The molecule has 7 nitrogen and oxygen atoms in total. The van der Waals surface area contributed by atoms with Gasteiger partial charge in [0.2, 0.25) is 11.8 Å². The molecule has 2 aromatic heterocycles. The van der Waals surface area contributed by atoms with Gasteiger partial charge in [0.15, 0.2) is 5.65 Å². The quantitative estimate of drug-likeness (QED) is 0.624. The summed E-state index contributed by atoms with van der Waals surface area (Å²) in [7, 11) is 0. The summed E-state index contributed by atoms with van der Waals surface area (Å²) in [6.07, 6.45) is 5.55. The van der Waals surface area contributed by atoms with Crippen LogP contribution in [0.4, 0.5) is 0 Å². The van der Waals surface area contributed by atoms with Gasteiger partial charge in [0.25, 0.3) is 0 Å². The Hall–Kier alpha value is -3.48. The van der Waals surface area contributed by atoms with Gasteiger partial charge in [-0.2, -0.15) is 0 Å². The number of fused-ring (bicyclic) bond motifs is 1. The third-order valence-corrected chi connectivity index (χ3v) is 4.01. The number of amides is 2. The lowest BCUT2D eigenvalue weighted by Gasteiger charge is -2.12. The van der Waals surface area contributed by atoms with Crippen molar-refractivity contribution in [3.63, 3.8) is 0 Å². The Kier molecular flexibility index (Phi) is 5.94. The highest BCUT2D eigenvalue weighted by atomic mass is 16.2. The van der Waals surface area contributed by atoms with Crippen molar-refractivity contribution in [3.8, 4) is 0 Å². The van der Waals surface area contributed by atoms with Gasteiger partial charge in [0, 0.05) is 25.2 Å². The van der Waals surface area contributed by atoms with E-state index in [0.717, 1.165) is 17.0 Å². The fourth-order valence-corrected chi connectivity index (χ4v) is 2.58. The van der Waals surface area contributed by atoms with E-state index >= 15 is 0 Å². The predicted molar refractivity (Wildman–Crippen MR) is 103 cm³/mol. The van der Waals surface area contributed by atoms with Crippen molar-refractivity contribution in [3.05, 3.63) is 72.2 Å². The fraction of sp³-hybridized carbons (Fsp3) is 0.200. The largest absolute Gasteiger partial charge is 0.354 e. The van der Waals surface area contributed by atoms with Gasteiger partial charge >= 0.3 is 0 Å². The van der Waals surface area contributed by atoms with Crippen molar-refractivity contribution >= 4 is 23.5 Å². The van der Waals surface area contributed by atoms with Crippen molar-refractivity contribution in [2.75, 3.05) is 6.54 Å². The highest BCUT2D eigenvalue weighted by Crippen LogP contribution is 2.03. The predicted octanol–water partition coefficient (Wildman–Crippen LogP) is 1.61. The van der Waals surface area contributed by atoms with E-state index in [1.54, 1.807) is 13.0 Å². The van der Waals surface area contributed by atoms with E-state index in [-0.39, 0.29) is 11.8 Å². The number of nitrogens with one attached hydrogen (secondary N) is 2. The number of carbonyl (C=O) groups excluding carboxylic acids is 2. The molecule has 2 heterocycles. The molecule has 2 amide bonds. The number of carbonyl (C=O) groups is 2. The van der Waals surface area contributed by atoms with Crippen LogP contribution in [0.5, 0.6) is 0 Å². The summed E-state index contributed by atoms with van der Waals surface area (Å²) in [6.45, 7) is 2.06. The monoisotopic (exact) mass is 363 g/mol. The second kappa shape index (κ2) is 8.75. The lowest BCUT2D eigenvalue weighted by molar-refractivity contribution is -0.126. The van der Waals surface area contributed by atoms with E-state index in [0.29, 0.717) is 13.0 Å². The first-order valence-electron chi connectivity index (χ1n) is 8.73. The summed E-state index contributed by atoms with van der Waals surface area (Å²) in [5, 5.41) is 13.7. The average Bonchev–Trinajstić information content (AvgIpc) is 3.10. The van der Waals surface area contributed by atoms with Crippen molar-refractivity contribution in [1.82, 2.24) is 25.2 Å². The van der Waals surface area contributed by atoms with E-state index in [1.807, 2.05) is 59.1 Å². The summed E-state index contributed by atoms with van der Waals surface area (Å²) >= 11 is 0. The number of rotatable bonds is 7. The average molecular weight is 363 g/mol. The third-order valence-electron chi connectivity index (χ3n) is 4.01.